The van der Waals surface area contributed by atoms with Crippen LogP contribution in [0.3, 0.4) is 0 Å². The molecule has 1 saturated carbocycles. The van der Waals surface area contributed by atoms with Crippen LogP contribution in [0.15, 0.2) is 47.4 Å². The van der Waals surface area contributed by atoms with E-state index < -0.39 is 10.0 Å². The van der Waals surface area contributed by atoms with Gasteiger partial charge in [-0.15, -0.1) is 0 Å². The third-order valence-electron chi connectivity index (χ3n) is 5.24. The number of benzene rings is 2. The molecule has 146 valence electrons. The summed E-state index contributed by atoms with van der Waals surface area (Å²) in [5.74, 6) is 0.400. The van der Waals surface area contributed by atoms with E-state index in [-0.39, 0.29) is 6.17 Å². The van der Waals surface area contributed by atoms with Gasteiger partial charge in [-0.25, -0.2) is 8.42 Å². The van der Waals surface area contributed by atoms with Gasteiger partial charge < -0.3 is 11.1 Å². The first-order valence-corrected chi connectivity index (χ1v) is 11.1. The lowest BCUT2D eigenvalue weighted by molar-refractivity contribution is 0.306. The third kappa shape index (κ3) is 4.82. The average molecular weight is 388 g/mol. The van der Waals surface area contributed by atoms with E-state index in [1.807, 2.05) is 56.3 Å². The van der Waals surface area contributed by atoms with E-state index in [1.54, 1.807) is 0 Å². The first-order valence-electron chi connectivity index (χ1n) is 9.57. The molecule has 2 aliphatic rings. The van der Waals surface area contributed by atoms with Crippen molar-refractivity contribution >= 4 is 21.4 Å². The Balaban J connectivity index is 0.000000221. The Bertz CT molecular complexity index is 873. The number of aryl methyl sites for hydroxylation is 2. The lowest BCUT2D eigenvalue weighted by Gasteiger charge is -2.36. The number of rotatable bonds is 1. The van der Waals surface area contributed by atoms with Crippen molar-refractivity contribution in [3.8, 4) is 0 Å². The minimum absolute atomic E-state index is 0.153. The predicted octanol–water partition coefficient (Wildman–Crippen LogP) is 4.18. The van der Waals surface area contributed by atoms with Crippen LogP contribution in [-0.2, 0) is 10.0 Å². The van der Waals surface area contributed by atoms with Crippen LogP contribution in [-0.4, -0.2) is 14.6 Å². The molecule has 0 spiro atoms. The number of hydrogen-bond donors (Lipinski definition) is 3. The molecule has 0 aromatic heterocycles. The molecule has 2 aromatic carbocycles. The summed E-state index contributed by atoms with van der Waals surface area (Å²) >= 11 is 0. The Morgan fingerprint density at radius 2 is 1.70 bits per heavy atom. The van der Waals surface area contributed by atoms with E-state index in [0.29, 0.717) is 10.8 Å². The number of nitrogen functional groups attached to an aromatic ring is 1. The van der Waals surface area contributed by atoms with Gasteiger partial charge in [0.2, 0.25) is 10.0 Å². The van der Waals surface area contributed by atoms with Crippen molar-refractivity contribution in [1.82, 2.24) is 4.72 Å². The standard InChI is InChI=1S/C14H20N2O2S.C7H9N/c1-10-6-5-9-12-13(10)19(17,18)16-14(15-12)11-7-3-2-4-8-11;1-6-3-2-4-7(8)5-6/h5-6,9,11,14-16H,2-4,7-8H2,1H3;2-5H,8H2,1H3. The molecule has 0 radical (unpaired) electrons. The highest BCUT2D eigenvalue weighted by Crippen LogP contribution is 2.34. The van der Waals surface area contributed by atoms with Gasteiger partial charge in [0.05, 0.1) is 11.9 Å². The van der Waals surface area contributed by atoms with Crippen molar-refractivity contribution < 1.29 is 8.42 Å². The van der Waals surface area contributed by atoms with Crippen LogP contribution in [0.5, 0.6) is 0 Å². The Morgan fingerprint density at radius 3 is 2.33 bits per heavy atom. The maximum absolute atomic E-state index is 12.4. The molecule has 1 fully saturated rings. The number of anilines is 2. The molecular formula is C21H29N3O2S. The van der Waals surface area contributed by atoms with Crippen molar-refractivity contribution in [2.75, 3.05) is 11.1 Å². The summed E-state index contributed by atoms with van der Waals surface area (Å²) in [5.41, 5.74) is 9.05. The summed E-state index contributed by atoms with van der Waals surface area (Å²) < 4.78 is 27.6. The van der Waals surface area contributed by atoms with Gasteiger partial charge >= 0.3 is 0 Å². The normalized spacial score (nSPS) is 21.3. The fourth-order valence-corrected chi connectivity index (χ4v) is 5.51. The fraction of sp³-hybridized carbons (Fsp3) is 0.429. The van der Waals surface area contributed by atoms with Crippen LogP contribution in [0.25, 0.3) is 0 Å². The van der Waals surface area contributed by atoms with Crippen LogP contribution < -0.4 is 15.8 Å². The summed E-state index contributed by atoms with van der Waals surface area (Å²) in [6, 6.07) is 13.4. The number of nitrogens with one attached hydrogen (secondary N) is 2. The van der Waals surface area contributed by atoms with E-state index >= 15 is 0 Å². The zero-order valence-corrected chi connectivity index (χ0v) is 16.9. The minimum atomic E-state index is -3.38. The maximum atomic E-state index is 12.4. The molecule has 1 heterocycles. The largest absolute Gasteiger partial charge is 0.399 e. The first kappa shape index (κ1) is 19.7. The molecule has 1 aliphatic heterocycles. The van der Waals surface area contributed by atoms with Crippen LogP contribution in [0.4, 0.5) is 11.4 Å². The lowest BCUT2D eigenvalue weighted by Crippen LogP contribution is -2.49. The monoisotopic (exact) mass is 387 g/mol. The van der Waals surface area contributed by atoms with Gasteiger partial charge in [0.15, 0.2) is 0 Å². The second-order valence-electron chi connectivity index (χ2n) is 7.51. The smallest absolute Gasteiger partial charge is 0.244 e. The number of fused-ring (bicyclic) bond motifs is 1. The summed E-state index contributed by atoms with van der Waals surface area (Å²) in [6.45, 7) is 3.86. The van der Waals surface area contributed by atoms with E-state index in [2.05, 4.69) is 10.0 Å². The molecule has 1 aliphatic carbocycles. The molecule has 5 nitrogen and oxygen atoms in total. The van der Waals surface area contributed by atoms with E-state index in [1.165, 1.54) is 24.8 Å². The van der Waals surface area contributed by atoms with Crippen molar-refractivity contribution in [1.29, 1.82) is 0 Å². The summed E-state index contributed by atoms with van der Waals surface area (Å²) in [7, 11) is -3.38. The molecule has 2 aromatic rings. The number of sulfonamides is 1. The molecule has 4 N–H and O–H groups in total. The molecule has 0 saturated heterocycles. The van der Waals surface area contributed by atoms with Crippen molar-refractivity contribution in [2.45, 2.75) is 57.0 Å². The van der Waals surface area contributed by atoms with Gasteiger partial charge in [0.25, 0.3) is 0 Å². The lowest BCUT2D eigenvalue weighted by atomic mass is 9.87. The van der Waals surface area contributed by atoms with Crippen LogP contribution >= 0.6 is 0 Å². The van der Waals surface area contributed by atoms with Crippen molar-refractivity contribution in [3.63, 3.8) is 0 Å². The predicted molar refractivity (Wildman–Crippen MR) is 111 cm³/mol. The van der Waals surface area contributed by atoms with Gasteiger partial charge in [0, 0.05) is 5.69 Å². The van der Waals surface area contributed by atoms with Crippen molar-refractivity contribution in [3.05, 3.63) is 53.6 Å². The van der Waals surface area contributed by atoms with E-state index in [4.69, 9.17) is 5.73 Å². The number of hydrogen-bond acceptors (Lipinski definition) is 4. The summed E-state index contributed by atoms with van der Waals surface area (Å²) in [4.78, 5) is 0.405. The summed E-state index contributed by atoms with van der Waals surface area (Å²) in [5, 5.41) is 3.37. The van der Waals surface area contributed by atoms with E-state index in [9.17, 15) is 8.42 Å². The van der Waals surface area contributed by atoms with Gasteiger partial charge in [-0.3, -0.25) is 0 Å². The second-order valence-corrected chi connectivity index (χ2v) is 9.16. The zero-order valence-electron chi connectivity index (χ0n) is 16.0. The maximum Gasteiger partial charge on any atom is 0.244 e. The summed E-state index contributed by atoms with van der Waals surface area (Å²) in [6.07, 6.45) is 5.71. The van der Waals surface area contributed by atoms with E-state index in [0.717, 1.165) is 29.8 Å². The van der Waals surface area contributed by atoms with Crippen LogP contribution in [0.1, 0.15) is 43.2 Å². The molecule has 1 atom stereocenters. The molecule has 6 heteroatoms. The van der Waals surface area contributed by atoms with Gasteiger partial charge in [-0.2, -0.15) is 4.72 Å². The van der Waals surface area contributed by atoms with Gasteiger partial charge in [0.1, 0.15) is 4.90 Å². The van der Waals surface area contributed by atoms with Crippen LogP contribution in [0, 0.1) is 19.8 Å². The molecule has 0 bridgehead atoms. The fourth-order valence-electron chi connectivity index (χ4n) is 3.90. The molecule has 4 rings (SSSR count). The van der Waals surface area contributed by atoms with Crippen molar-refractivity contribution in [2.24, 2.45) is 5.92 Å². The first-order chi connectivity index (χ1) is 12.9. The Kier molecular flexibility index (Phi) is 6.07. The van der Waals surface area contributed by atoms with Gasteiger partial charge in [-0.1, -0.05) is 43.5 Å². The Hall–Kier alpha value is -2.05. The zero-order chi connectivity index (χ0) is 19.4. The third-order valence-corrected chi connectivity index (χ3v) is 6.88. The molecule has 1 unspecified atom stereocenters. The topological polar surface area (TPSA) is 84.2 Å². The average Bonchev–Trinajstić information content (AvgIpc) is 2.62. The minimum Gasteiger partial charge on any atom is -0.399 e. The number of nitrogens with two attached hydrogens (primary N) is 1. The Labute approximate surface area is 162 Å². The highest BCUT2D eigenvalue weighted by Gasteiger charge is 2.34. The highest BCUT2D eigenvalue weighted by molar-refractivity contribution is 7.89. The highest BCUT2D eigenvalue weighted by atomic mass is 32.2. The molecule has 0 amide bonds. The second kappa shape index (κ2) is 8.31. The molecule has 27 heavy (non-hydrogen) atoms. The van der Waals surface area contributed by atoms with Gasteiger partial charge in [-0.05, 0) is 61.9 Å². The molecular weight excluding hydrogens is 358 g/mol. The quantitative estimate of drug-likeness (QED) is 0.641. The SMILES string of the molecule is Cc1cccc(N)c1.Cc1cccc2c1S(=O)(=O)NC(C1CCCCC1)N2. The van der Waals surface area contributed by atoms with Crippen LogP contribution in [0.2, 0.25) is 0 Å². The Morgan fingerprint density at radius 1 is 1.00 bits per heavy atom.